The summed E-state index contributed by atoms with van der Waals surface area (Å²) in [5, 5.41) is 4.14. The Morgan fingerprint density at radius 1 is 0.919 bits per heavy atom. The van der Waals surface area contributed by atoms with Crippen molar-refractivity contribution < 1.29 is 14.0 Å². The van der Waals surface area contributed by atoms with E-state index in [9.17, 15) is 18.8 Å². The zero-order valence-electron chi connectivity index (χ0n) is 20.2. The van der Waals surface area contributed by atoms with Crippen molar-refractivity contribution in [2.24, 2.45) is 17.8 Å². The molecule has 2 amide bonds. The number of fused-ring (bicyclic) bond motifs is 8. The summed E-state index contributed by atoms with van der Waals surface area (Å²) in [6, 6.07) is 19.6. The second-order valence-electron chi connectivity index (χ2n) is 10.3. The molecule has 3 aliphatic rings. The Labute approximate surface area is 211 Å². The predicted molar refractivity (Wildman–Crippen MR) is 136 cm³/mol. The number of rotatable bonds is 2. The molecule has 7 nitrogen and oxygen atoms in total. The molecule has 8 heteroatoms. The number of carbonyl (C=O) groups excluding carboxylic acids is 2. The lowest BCUT2D eigenvalue weighted by Gasteiger charge is -2.32. The van der Waals surface area contributed by atoms with Gasteiger partial charge in [0.25, 0.3) is 5.56 Å². The Bertz CT molecular complexity index is 1700. The summed E-state index contributed by atoms with van der Waals surface area (Å²) < 4.78 is 15.3. The van der Waals surface area contributed by atoms with Crippen LogP contribution in [0.4, 0.5) is 10.1 Å². The van der Waals surface area contributed by atoms with Crippen LogP contribution in [0.15, 0.2) is 77.6 Å². The first-order valence-electron chi connectivity index (χ1n) is 12.4. The number of benzene rings is 3. The molecule has 1 aromatic heterocycles. The van der Waals surface area contributed by atoms with Gasteiger partial charge in [-0.05, 0) is 48.4 Å². The number of carbonyl (C=O) groups is 2. The molecule has 0 radical (unpaired) electrons. The highest BCUT2D eigenvalue weighted by molar-refractivity contribution is 6.23. The van der Waals surface area contributed by atoms with Gasteiger partial charge in [-0.1, -0.05) is 44.2 Å². The second-order valence-corrected chi connectivity index (χ2v) is 10.3. The van der Waals surface area contributed by atoms with Gasteiger partial charge in [0.15, 0.2) is 0 Å². The molecule has 0 bridgehead atoms. The van der Waals surface area contributed by atoms with Crippen molar-refractivity contribution >= 4 is 28.4 Å². The minimum absolute atomic E-state index is 0.00480. The lowest BCUT2D eigenvalue weighted by Crippen LogP contribution is -2.51. The standard InChI is InChI=1S/C29H23FN4O3/c1-15(2)24-22-23(27(37)33(26(22)36)17-13-11-16(30)12-14-17)29(32-24)19-8-4-6-10-21(19)34-25(35)18-7-3-5-9-20(18)31-28(29)34/h3-15,22-24,32H,1-2H3. The van der Waals surface area contributed by atoms with Crippen LogP contribution in [0.1, 0.15) is 25.2 Å². The van der Waals surface area contributed by atoms with Crippen LogP contribution in [0.2, 0.25) is 0 Å². The molecule has 4 unspecified atom stereocenters. The molecule has 3 aliphatic heterocycles. The molecule has 0 saturated carbocycles. The summed E-state index contributed by atoms with van der Waals surface area (Å²) in [5.41, 5.74) is 0.861. The van der Waals surface area contributed by atoms with Gasteiger partial charge in [-0.15, -0.1) is 0 Å². The highest BCUT2D eigenvalue weighted by atomic mass is 19.1. The molecule has 4 atom stereocenters. The maximum Gasteiger partial charge on any atom is 0.266 e. The van der Waals surface area contributed by atoms with Crippen LogP contribution in [0, 0.1) is 23.6 Å². The average molecular weight is 495 g/mol. The molecule has 184 valence electrons. The van der Waals surface area contributed by atoms with E-state index in [1.165, 1.54) is 29.2 Å². The molecular formula is C29H23FN4O3. The molecule has 1 N–H and O–H groups in total. The fraction of sp³-hybridized carbons (Fsp3) is 0.241. The van der Waals surface area contributed by atoms with E-state index in [-0.39, 0.29) is 29.3 Å². The number of para-hydroxylation sites is 2. The van der Waals surface area contributed by atoms with Crippen molar-refractivity contribution in [2.75, 3.05) is 4.90 Å². The first-order valence-corrected chi connectivity index (χ1v) is 12.4. The molecule has 1 spiro atoms. The molecule has 37 heavy (non-hydrogen) atoms. The van der Waals surface area contributed by atoms with Crippen molar-refractivity contribution in [3.63, 3.8) is 0 Å². The van der Waals surface area contributed by atoms with Crippen molar-refractivity contribution in [1.82, 2.24) is 14.9 Å². The van der Waals surface area contributed by atoms with Crippen molar-refractivity contribution in [3.05, 3.63) is 100 Å². The summed E-state index contributed by atoms with van der Waals surface area (Å²) in [6.07, 6.45) is 0. The van der Waals surface area contributed by atoms with E-state index in [2.05, 4.69) is 5.32 Å². The zero-order chi connectivity index (χ0) is 25.6. The largest absolute Gasteiger partial charge is 0.296 e. The third kappa shape index (κ3) is 2.68. The van der Waals surface area contributed by atoms with Crippen LogP contribution in [0.25, 0.3) is 16.6 Å². The van der Waals surface area contributed by atoms with Crippen LogP contribution in [0.3, 0.4) is 0 Å². The predicted octanol–water partition coefficient (Wildman–Crippen LogP) is 3.52. The van der Waals surface area contributed by atoms with Gasteiger partial charge in [-0.2, -0.15) is 0 Å². The smallest absolute Gasteiger partial charge is 0.266 e. The molecule has 2 fully saturated rings. The summed E-state index contributed by atoms with van der Waals surface area (Å²) in [6.45, 7) is 4.02. The van der Waals surface area contributed by atoms with E-state index in [4.69, 9.17) is 4.98 Å². The Morgan fingerprint density at radius 3 is 2.38 bits per heavy atom. The zero-order valence-corrected chi connectivity index (χ0v) is 20.2. The summed E-state index contributed by atoms with van der Waals surface area (Å²) >= 11 is 0. The van der Waals surface area contributed by atoms with Gasteiger partial charge >= 0.3 is 0 Å². The maximum atomic E-state index is 14.2. The van der Waals surface area contributed by atoms with Crippen molar-refractivity contribution in [2.45, 2.75) is 25.4 Å². The van der Waals surface area contributed by atoms with Gasteiger partial charge in [0, 0.05) is 11.6 Å². The summed E-state index contributed by atoms with van der Waals surface area (Å²) in [5.74, 6) is -2.26. The van der Waals surface area contributed by atoms with Crippen LogP contribution < -0.4 is 15.8 Å². The lowest BCUT2D eigenvalue weighted by atomic mass is 9.75. The van der Waals surface area contributed by atoms with Crippen LogP contribution in [0.5, 0.6) is 0 Å². The molecule has 7 rings (SSSR count). The second kappa shape index (κ2) is 7.43. The molecule has 4 aromatic rings. The van der Waals surface area contributed by atoms with E-state index >= 15 is 0 Å². The van der Waals surface area contributed by atoms with E-state index < -0.39 is 23.2 Å². The normalized spacial score (nSPS) is 25.8. The first kappa shape index (κ1) is 22.1. The van der Waals surface area contributed by atoms with Crippen molar-refractivity contribution in [1.29, 1.82) is 0 Å². The van der Waals surface area contributed by atoms with E-state index in [0.29, 0.717) is 28.1 Å². The number of halogens is 1. The van der Waals surface area contributed by atoms with Gasteiger partial charge in [0.2, 0.25) is 11.8 Å². The molecular weight excluding hydrogens is 471 g/mol. The number of anilines is 1. The monoisotopic (exact) mass is 494 g/mol. The van der Waals surface area contributed by atoms with Crippen LogP contribution in [-0.4, -0.2) is 27.4 Å². The number of hydrogen-bond acceptors (Lipinski definition) is 5. The average Bonchev–Trinajstić information content (AvgIpc) is 3.49. The number of nitrogens with one attached hydrogen (secondary N) is 1. The van der Waals surface area contributed by atoms with Crippen LogP contribution in [-0.2, 0) is 15.1 Å². The first-order chi connectivity index (χ1) is 17.8. The Morgan fingerprint density at radius 2 is 1.62 bits per heavy atom. The van der Waals surface area contributed by atoms with E-state index in [1.54, 1.807) is 22.8 Å². The summed E-state index contributed by atoms with van der Waals surface area (Å²) in [4.78, 5) is 48.1. The molecule has 2 saturated heterocycles. The lowest BCUT2D eigenvalue weighted by molar-refractivity contribution is -0.123. The number of nitrogens with zero attached hydrogens (tertiary/aromatic N) is 3. The minimum Gasteiger partial charge on any atom is -0.296 e. The third-order valence-corrected chi connectivity index (χ3v) is 8.10. The SMILES string of the molecule is CC(C)C1NC2(c3ccccc3-n3c2nc2ccccc2c3=O)C2C(=O)N(c3ccc(F)cc3)C(=O)C12. The number of imide groups is 1. The van der Waals surface area contributed by atoms with Gasteiger partial charge in [0.05, 0.1) is 34.1 Å². The van der Waals surface area contributed by atoms with Crippen molar-refractivity contribution in [3.8, 4) is 5.69 Å². The topological polar surface area (TPSA) is 84.3 Å². The fourth-order valence-electron chi connectivity index (χ4n) is 6.57. The van der Waals surface area contributed by atoms with E-state index in [0.717, 1.165) is 5.56 Å². The quantitative estimate of drug-likeness (QED) is 0.431. The Hall–Kier alpha value is -4.17. The fourth-order valence-corrected chi connectivity index (χ4v) is 6.57. The maximum absolute atomic E-state index is 14.2. The highest BCUT2D eigenvalue weighted by Crippen LogP contribution is 2.56. The van der Waals surface area contributed by atoms with Crippen LogP contribution >= 0.6 is 0 Å². The van der Waals surface area contributed by atoms with Gasteiger partial charge < -0.3 is 0 Å². The number of aromatic nitrogens is 2. The number of amides is 2. The Balaban J connectivity index is 1.53. The minimum atomic E-state index is -1.18. The van der Waals surface area contributed by atoms with Gasteiger partial charge in [0.1, 0.15) is 17.2 Å². The number of hydrogen-bond donors (Lipinski definition) is 1. The summed E-state index contributed by atoms with van der Waals surface area (Å²) in [7, 11) is 0. The Kier molecular flexibility index (Phi) is 4.43. The molecule has 3 aromatic carbocycles. The van der Waals surface area contributed by atoms with E-state index in [1.807, 2.05) is 44.2 Å². The molecule has 4 heterocycles. The molecule has 0 aliphatic carbocycles. The van der Waals surface area contributed by atoms with Gasteiger partial charge in [-0.3, -0.25) is 24.3 Å². The highest BCUT2D eigenvalue weighted by Gasteiger charge is 2.70. The third-order valence-electron chi connectivity index (χ3n) is 8.10. The van der Waals surface area contributed by atoms with Gasteiger partial charge in [-0.25, -0.2) is 14.3 Å².